The van der Waals surface area contributed by atoms with Crippen LogP contribution in [0.4, 0.5) is 0 Å². The maximum atomic E-state index is 5.20. The van der Waals surface area contributed by atoms with Crippen LogP contribution in [0.15, 0.2) is 18.5 Å². The third-order valence-electron chi connectivity index (χ3n) is 2.72. The van der Waals surface area contributed by atoms with Gasteiger partial charge in [0.1, 0.15) is 5.75 Å². The van der Waals surface area contributed by atoms with Gasteiger partial charge in [0.2, 0.25) is 0 Å². The normalized spacial score (nSPS) is 10.7. The molecular formula is C13H21NO. The van der Waals surface area contributed by atoms with E-state index >= 15 is 0 Å². The first-order valence-corrected chi connectivity index (χ1v) is 5.80. The highest BCUT2D eigenvalue weighted by Gasteiger charge is 2.10. The van der Waals surface area contributed by atoms with Gasteiger partial charge in [-0.3, -0.25) is 4.98 Å². The molecule has 0 atom stereocenters. The zero-order valence-corrected chi connectivity index (χ0v) is 9.99. The van der Waals surface area contributed by atoms with Crippen LogP contribution in [0.5, 0.6) is 5.75 Å². The van der Waals surface area contributed by atoms with E-state index in [9.17, 15) is 0 Å². The van der Waals surface area contributed by atoms with Crippen LogP contribution in [-0.4, -0.2) is 12.1 Å². The Bertz CT molecular complexity index is 280. The van der Waals surface area contributed by atoms with E-state index in [0.29, 0.717) is 5.92 Å². The van der Waals surface area contributed by atoms with E-state index in [1.54, 1.807) is 13.3 Å². The van der Waals surface area contributed by atoms with Crippen LogP contribution in [0.25, 0.3) is 0 Å². The summed E-state index contributed by atoms with van der Waals surface area (Å²) in [7, 11) is 1.69. The van der Waals surface area contributed by atoms with Crippen LogP contribution in [0, 0.1) is 0 Å². The Morgan fingerprint density at radius 3 is 2.40 bits per heavy atom. The lowest BCUT2D eigenvalue weighted by Gasteiger charge is -2.15. The molecule has 1 rings (SSSR count). The van der Waals surface area contributed by atoms with Gasteiger partial charge in [0, 0.05) is 6.20 Å². The van der Waals surface area contributed by atoms with Crippen LogP contribution in [0.1, 0.15) is 51.0 Å². The van der Waals surface area contributed by atoms with Crippen molar-refractivity contribution in [1.82, 2.24) is 4.98 Å². The number of aromatic nitrogens is 1. The second-order valence-corrected chi connectivity index (χ2v) is 3.93. The van der Waals surface area contributed by atoms with Crippen molar-refractivity contribution in [2.45, 2.75) is 45.4 Å². The molecule has 0 radical (unpaired) electrons. The number of hydrogen-bond donors (Lipinski definition) is 0. The molecular weight excluding hydrogens is 186 g/mol. The lowest BCUT2D eigenvalue weighted by molar-refractivity contribution is 0.411. The van der Waals surface area contributed by atoms with Crippen molar-refractivity contribution in [3.05, 3.63) is 24.0 Å². The molecule has 0 bridgehead atoms. The lowest BCUT2D eigenvalue weighted by Crippen LogP contribution is -1.99. The summed E-state index contributed by atoms with van der Waals surface area (Å²) < 4.78 is 5.20. The van der Waals surface area contributed by atoms with Gasteiger partial charge in [-0.2, -0.15) is 0 Å². The van der Waals surface area contributed by atoms with Crippen LogP contribution in [0.3, 0.4) is 0 Å². The molecule has 0 unspecified atom stereocenters. The smallest absolute Gasteiger partial charge is 0.137 e. The van der Waals surface area contributed by atoms with Gasteiger partial charge >= 0.3 is 0 Å². The Morgan fingerprint density at radius 2 is 1.87 bits per heavy atom. The third kappa shape index (κ3) is 3.54. The molecule has 1 heterocycles. The monoisotopic (exact) mass is 207 g/mol. The average Bonchev–Trinajstić information content (AvgIpc) is 2.29. The van der Waals surface area contributed by atoms with Gasteiger partial charge in [-0.25, -0.2) is 0 Å². The molecule has 2 heteroatoms. The Balaban J connectivity index is 2.79. The second-order valence-electron chi connectivity index (χ2n) is 3.93. The standard InChI is InChI=1S/C13H21NO/c1-4-6-11(7-5-2)12-8-13(15-3)10-14-9-12/h8-11H,4-7H2,1-3H3. The summed E-state index contributed by atoms with van der Waals surface area (Å²) in [5, 5.41) is 0. The number of rotatable bonds is 6. The Labute approximate surface area is 92.7 Å². The maximum Gasteiger partial charge on any atom is 0.137 e. The molecule has 0 aliphatic rings. The SMILES string of the molecule is CCCC(CCC)c1cncc(OC)c1. The predicted octanol–water partition coefficient (Wildman–Crippen LogP) is 3.77. The third-order valence-corrected chi connectivity index (χ3v) is 2.72. The van der Waals surface area contributed by atoms with Gasteiger partial charge in [0.15, 0.2) is 0 Å². The highest BCUT2D eigenvalue weighted by Crippen LogP contribution is 2.27. The summed E-state index contributed by atoms with van der Waals surface area (Å²) in [5.41, 5.74) is 1.32. The fraction of sp³-hybridized carbons (Fsp3) is 0.615. The molecule has 0 saturated heterocycles. The molecule has 0 aliphatic heterocycles. The zero-order valence-electron chi connectivity index (χ0n) is 9.99. The topological polar surface area (TPSA) is 22.1 Å². The molecule has 0 fully saturated rings. The summed E-state index contributed by atoms with van der Waals surface area (Å²) in [5.74, 6) is 1.51. The molecule has 2 nitrogen and oxygen atoms in total. The van der Waals surface area contributed by atoms with Crippen molar-refractivity contribution >= 4 is 0 Å². The molecule has 0 spiro atoms. The van der Waals surface area contributed by atoms with Crippen LogP contribution < -0.4 is 4.74 Å². The molecule has 0 saturated carbocycles. The molecule has 0 amide bonds. The first-order valence-electron chi connectivity index (χ1n) is 5.80. The fourth-order valence-corrected chi connectivity index (χ4v) is 1.95. The van der Waals surface area contributed by atoms with Gasteiger partial charge in [-0.15, -0.1) is 0 Å². The van der Waals surface area contributed by atoms with E-state index < -0.39 is 0 Å². The average molecular weight is 207 g/mol. The number of pyridine rings is 1. The summed E-state index contributed by atoms with van der Waals surface area (Å²) in [4.78, 5) is 4.22. The van der Waals surface area contributed by atoms with Gasteiger partial charge in [-0.05, 0) is 30.4 Å². The van der Waals surface area contributed by atoms with Gasteiger partial charge < -0.3 is 4.74 Å². The van der Waals surface area contributed by atoms with E-state index in [0.717, 1.165) is 5.75 Å². The van der Waals surface area contributed by atoms with Crippen molar-refractivity contribution in [3.8, 4) is 5.75 Å². The molecule has 0 aromatic carbocycles. The van der Waals surface area contributed by atoms with Gasteiger partial charge in [0.05, 0.1) is 13.3 Å². The van der Waals surface area contributed by atoms with E-state index in [-0.39, 0.29) is 0 Å². The van der Waals surface area contributed by atoms with Gasteiger partial charge in [0.25, 0.3) is 0 Å². The number of hydrogen-bond acceptors (Lipinski definition) is 2. The van der Waals surface area contributed by atoms with Crippen molar-refractivity contribution in [2.75, 3.05) is 7.11 Å². The minimum Gasteiger partial charge on any atom is -0.495 e. The molecule has 0 N–H and O–H groups in total. The molecule has 1 aromatic rings. The minimum absolute atomic E-state index is 0.641. The quantitative estimate of drug-likeness (QED) is 0.708. The van der Waals surface area contributed by atoms with Crippen molar-refractivity contribution in [3.63, 3.8) is 0 Å². The number of ether oxygens (including phenoxy) is 1. The largest absolute Gasteiger partial charge is 0.495 e. The Morgan fingerprint density at radius 1 is 1.20 bits per heavy atom. The molecule has 84 valence electrons. The van der Waals surface area contributed by atoms with Crippen LogP contribution in [-0.2, 0) is 0 Å². The Kier molecular flexibility index (Phi) is 5.16. The number of methoxy groups -OCH3 is 1. The predicted molar refractivity (Wildman–Crippen MR) is 63.3 cm³/mol. The van der Waals surface area contributed by atoms with E-state index in [4.69, 9.17) is 4.74 Å². The van der Waals surface area contributed by atoms with Crippen molar-refractivity contribution < 1.29 is 4.74 Å². The minimum atomic E-state index is 0.641. The van der Waals surface area contributed by atoms with Crippen molar-refractivity contribution in [2.24, 2.45) is 0 Å². The highest BCUT2D eigenvalue weighted by atomic mass is 16.5. The maximum absolute atomic E-state index is 5.20. The molecule has 0 aliphatic carbocycles. The summed E-state index contributed by atoms with van der Waals surface area (Å²) in [6, 6.07) is 2.11. The molecule has 1 aromatic heterocycles. The molecule has 15 heavy (non-hydrogen) atoms. The van der Waals surface area contributed by atoms with E-state index in [2.05, 4.69) is 24.9 Å². The van der Waals surface area contributed by atoms with Crippen LogP contribution in [0.2, 0.25) is 0 Å². The van der Waals surface area contributed by atoms with Crippen LogP contribution >= 0.6 is 0 Å². The number of nitrogens with zero attached hydrogens (tertiary/aromatic N) is 1. The Hall–Kier alpha value is -1.05. The van der Waals surface area contributed by atoms with Gasteiger partial charge in [-0.1, -0.05) is 26.7 Å². The lowest BCUT2D eigenvalue weighted by atomic mass is 9.91. The zero-order chi connectivity index (χ0) is 11.1. The first-order chi connectivity index (χ1) is 7.31. The van der Waals surface area contributed by atoms with E-state index in [1.807, 2.05) is 6.20 Å². The summed E-state index contributed by atoms with van der Waals surface area (Å²) >= 11 is 0. The fourth-order valence-electron chi connectivity index (χ4n) is 1.95. The van der Waals surface area contributed by atoms with E-state index in [1.165, 1.54) is 31.2 Å². The van der Waals surface area contributed by atoms with Crippen molar-refractivity contribution in [1.29, 1.82) is 0 Å². The highest BCUT2D eigenvalue weighted by molar-refractivity contribution is 5.26. The second kappa shape index (κ2) is 6.44. The summed E-state index contributed by atoms with van der Waals surface area (Å²) in [6.07, 6.45) is 8.66. The summed E-state index contributed by atoms with van der Waals surface area (Å²) in [6.45, 7) is 4.46. The first kappa shape index (κ1) is 12.0.